The molecule has 1 unspecified atom stereocenters. The van der Waals surface area contributed by atoms with Crippen LogP contribution in [0.1, 0.15) is 6.42 Å². The van der Waals surface area contributed by atoms with Gasteiger partial charge in [-0.2, -0.15) is 0 Å². The second kappa shape index (κ2) is 4.86. The highest BCUT2D eigenvalue weighted by molar-refractivity contribution is 6.31. The monoisotopic (exact) mass is 269 g/mol. The molecule has 1 aromatic rings. The molecule has 0 aliphatic carbocycles. The van der Waals surface area contributed by atoms with Crippen molar-refractivity contribution in [3.05, 3.63) is 23.2 Å². The van der Waals surface area contributed by atoms with Gasteiger partial charge in [-0.15, -0.1) is 0 Å². The third-order valence-corrected chi connectivity index (χ3v) is 3.17. The quantitative estimate of drug-likeness (QED) is 0.850. The zero-order chi connectivity index (χ0) is 13.3. The van der Waals surface area contributed by atoms with Gasteiger partial charge < -0.3 is 14.7 Å². The highest BCUT2D eigenvalue weighted by atomic mass is 35.5. The molecule has 1 aliphatic heterocycles. The van der Waals surface area contributed by atoms with E-state index in [0.29, 0.717) is 29.4 Å². The first-order valence-corrected chi connectivity index (χ1v) is 5.80. The van der Waals surface area contributed by atoms with Gasteiger partial charge in [0.1, 0.15) is 11.7 Å². The number of hydrogen-bond donors (Lipinski definition) is 1. The van der Waals surface area contributed by atoms with Gasteiger partial charge in [-0.25, -0.2) is 0 Å². The maximum Gasteiger partial charge on any atom is 0.316 e. The Morgan fingerprint density at radius 2 is 2.28 bits per heavy atom. The summed E-state index contributed by atoms with van der Waals surface area (Å²) in [6, 6.07) is 4.90. The number of carboxylic acid groups (broad SMARTS) is 1. The Bertz CT molecular complexity index is 503. The Balaban J connectivity index is 2.36. The summed E-state index contributed by atoms with van der Waals surface area (Å²) in [5.41, 5.74) is 0.513. The number of carboxylic acids is 1. The average molecular weight is 270 g/mol. The van der Waals surface area contributed by atoms with Gasteiger partial charge in [0.25, 0.3) is 0 Å². The van der Waals surface area contributed by atoms with Gasteiger partial charge in [0.05, 0.1) is 12.8 Å². The van der Waals surface area contributed by atoms with Crippen LogP contribution in [0.15, 0.2) is 18.2 Å². The predicted octanol–water partition coefficient (Wildman–Crippen LogP) is 1.79. The molecule has 5 nitrogen and oxygen atoms in total. The van der Waals surface area contributed by atoms with Gasteiger partial charge in [-0.05, 0) is 24.6 Å². The first-order valence-electron chi connectivity index (χ1n) is 5.42. The van der Waals surface area contributed by atoms with Crippen LogP contribution in [0.3, 0.4) is 0 Å². The molecule has 1 aromatic carbocycles. The Kier molecular flexibility index (Phi) is 3.43. The zero-order valence-corrected chi connectivity index (χ0v) is 10.5. The van der Waals surface area contributed by atoms with E-state index >= 15 is 0 Å². The predicted molar refractivity (Wildman–Crippen MR) is 66.1 cm³/mol. The SMILES string of the molecule is COc1ccc(Cl)cc1N1CCC(C(=O)O)C1=O. The molecule has 18 heavy (non-hydrogen) atoms. The summed E-state index contributed by atoms with van der Waals surface area (Å²) in [6.07, 6.45) is 0.295. The van der Waals surface area contributed by atoms with E-state index in [1.807, 2.05) is 0 Å². The number of amides is 1. The van der Waals surface area contributed by atoms with E-state index in [0.717, 1.165) is 0 Å². The first-order chi connectivity index (χ1) is 8.54. The largest absolute Gasteiger partial charge is 0.495 e. The van der Waals surface area contributed by atoms with Crippen LogP contribution in [0, 0.1) is 5.92 Å². The Labute approximate surface area is 109 Å². The van der Waals surface area contributed by atoms with Crippen molar-refractivity contribution in [3.8, 4) is 5.75 Å². The van der Waals surface area contributed by atoms with Crippen molar-refractivity contribution in [2.24, 2.45) is 5.92 Å². The third-order valence-electron chi connectivity index (χ3n) is 2.94. The van der Waals surface area contributed by atoms with E-state index in [-0.39, 0.29) is 0 Å². The molecule has 6 heteroatoms. The normalized spacial score (nSPS) is 19.1. The van der Waals surface area contributed by atoms with Crippen molar-refractivity contribution < 1.29 is 19.4 Å². The number of anilines is 1. The molecule has 0 radical (unpaired) electrons. The van der Waals surface area contributed by atoms with Crippen LogP contribution in [0.25, 0.3) is 0 Å². The van der Waals surface area contributed by atoms with Crippen LogP contribution in [0.5, 0.6) is 5.75 Å². The molecule has 0 spiro atoms. The molecule has 0 aromatic heterocycles. The molecule has 1 amide bonds. The zero-order valence-electron chi connectivity index (χ0n) is 9.72. The number of rotatable bonds is 3. The minimum atomic E-state index is -1.09. The Morgan fingerprint density at radius 3 is 2.83 bits per heavy atom. The van der Waals surface area contributed by atoms with Crippen molar-refractivity contribution >= 4 is 29.2 Å². The fourth-order valence-electron chi connectivity index (χ4n) is 2.02. The second-order valence-electron chi connectivity index (χ2n) is 3.99. The molecular formula is C12H12ClNO4. The van der Waals surface area contributed by atoms with Gasteiger partial charge in [-0.3, -0.25) is 9.59 Å². The average Bonchev–Trinajstić information content (AvgIpc) is 2.71. The minimum absolute atomic E-state index is 0.295. The Hall–Kier alpha value is -1.75. The minimum Gasteiger partial charge on any atom is -0.495 e. The molecule has 1 N–H and O–H groups in total. The highest BCUT2D eigenvalue weighted by Crippen LogP contribution is 2.35. The number of methoxy groups -OCH3 is 1. The number of halogens is 1. The lowest BCUT2D eigenvalue weighted by molar-refractivity contribution is -0.144. The summed E-state index contributed by atoms with van der Waals surface area (Å²) in [5, 5.41) is 9.39. The van der Waals surface area contributed by atoms with Gasteiger partial charge in [-0.1, -0.05) is 11.6 Å². The lowest BCUT2D eigenvalue weighted by atomic mass is 10.1. The molecule has 1 aliphatic rings. The summed E-state index contributed by atoms with van der Waals surface area (Å²) in [6.45, 7) is 0.354. The van der Waals surface area contributed by atoms with Gasteiger partial charge in [0, 0.05) is 11.6 Å². The van der Waals surface area contributed by atoms with E-state index < -0.39 is 17.8 Å². The lowest BCUT2D eigenvalue weighted by Crippen LogP contribution is -2.30. The number of hydrogen-bond acceptors (Lipinski definition) is 3. The van der Waals surface area contributed by atoms with Crippen molar-refractivity contribution in [1.82, 2.24) is 0 Å². The molecule has 1 heterocycles. The second-order valence-corrected chi connectivity index (χ2v) is 4.42. The van der Waals surface area contributed by atoms with Crippen LogP contribution in [0.4, 0.5) is 5.69 Å². The standard InChI is InChI=1S/C12H12ClNO4/c1-18-10-3-2-7(13)6-9(10)14-5-4-8(11(14)15)12(16)17/h2-3,6,8H,4-5H2,1H3,(H,16,17). The van der Waals surface area contributed by atoms with Crippen LogP contribution < -0.4 is 9.64 Å². The van der Waals surface area contributed by atoms with E-state index in [2.05, 4.69) is 0 Å². The van der Waals surface area contributed by atoms with Crippen LogP contribution in [0.2, 0.25) is 5.02 Å². The highest BCUT2D eigenvalue weighted by Gasteiger charge is 2.38. The van der Waals surface area contributed by atoms with Crippen molar-refractivity contribution in [3.63, 3.8) is 0 Å². The summed E-state index contributed by atoms with van der Waals surface area (Å²) >= 11 is 5.89. The lowest BCUT2D eigenvalue weighted by Gasteiger charge is -2.19. The van der Waals surface area contributed by atoms with Crippen molar-refractivity contribution in [2.45, 2.75) is 6.42 Å². The smallest absolute Gasteiger partial charge is 0.316 e. The van der Waals surface area contributed by atoms with E-state index in [4.69, 9.17) is 21.4 Å². The molecule has 0 bridgehead atoms. The summed E-state index contributed by atoms with van der Waals surface area (Å²) in [4.78, 5) is 24.3. The van der Waals surface area contributed by atoms with Crippen LogP contribution >= 0.6 is 11.6 Å². The van der Waals surface area contributed by atoms with Gasteiger partial charge in [0.2, 0.25) is 5.91 Å². The molecule has 1 atom stereocenters. The van der Waals surface area contributed by atoms with Gasteiger partial charge >= 0.3 is 5.97 Å². The fourth-order valence-corrected chi connectivity index (χ4v) is 2.19. The number of nitrogens with zero attached hydrogens (tertiary/aromatic N) is 1. The number of carbonyl (C=O) groups is 2. The van der Waals surface area contributed by atoms with E-state index in [1.165, 1.54) is 12.0 Å². The van der Waals surface area contributed by atoms with Gasteiger partial charge in [0.15, 0.2) is 0 Å². The number of aliphatic carboxylic acids is 1. The number of ether oxygens (including phenoxy) is 1. The van der Waals surface area contributed by atoms with E-state index in [1.54, 1.807) is 18.2 Å². The molecule has 2 rings (SSSR count). The number of carbonyl (C=O) groups excluding carboxylic acids is 1. The number of benzene rings is 1. The van der Waals surface area contributed by atoms with Crippen molar-refractivity contribution in [2.75, 3.05) is 18.6 Å². The van der Waals surface area contributed by atoms with E-state index in [9.17, 15) is 9.59 Å². The summed E-state index contributed by atoms with van der Waals surface area (Å²) in [7, 11) is 1.49. The third kappa shape index (κ3) is 2.13. The topological polar surface area (TPSA) is 66.8 Å². The van der Waals surface area contributed by atoms with Crippen molar-refractivity contribution in [1.29, 1.82) is 0 Å². The fraction of sp³-hybridized carbons (Fsp3) is 0.333. The summed E-state index contributed by atoms with van der Waals surface area (Å²) < 4.78 is 5.16. The van der Waals surface area contributed by atoms with Crippen LogP contribution in [-0.2, 0) is 9.59 Å². The first kappa shape index (κ1) is 12.7. The molecule has 1 fully saturated rings. The Morgan fingerprint density at radius 1 is 1.56 bits per heavy atom. The molecule has 96 valence electrons. The molecule has 1 saturated heterocycles. The molecule has 0 saturated carbocycles. The van der Waals surface area contributed by atoms with Crippen LogP contribution in [-0.4, -0.2) is 30.6 Å². The maximum atomic E-state index is 12.0. The summed E-state index contributed by atoms with van der Waals surface area (Å²) in [5.74, 6) is -2.00. The molecular weight excluding hydrogens is 258 g/mol. The maximum absolute atomic E-state index is 12.0.